The van der Waals surface area contributed by atoms with Gasteiger partial charge in [0, 0.05) is 25.6 Å². The van der Waals surface area contributed by atoms with E-state index in [0.29, 0.717) is 29.9 Å². The molecule has 2 aromatic carbocycles. The van der Waals surface area contributed by atoms with Crippen LogP contribution in [0, 0.1) is 5.82 Å². The highest BCUT2D eigenvalue weighted by molar-refractivity contribution is 6.20. The molecule has 1 heterocycles. The van der Waals surface area contributed by atoms with Gasteiger partial charge >= 0.3 is 6.09 Å². The van der Waals surface area contributed by atoms with Crippen molar-refractivity contribution in [3.63, 3.8) is 0 Å². The summed E-state index contributed by atoms with van der Waals surface area (Å²) in [5.41, 5.74) is 2.46. The van der Waals surface area contributed by atoms with Gasteiger partial charge in [0.15, 0.2) is 0 Å². The Morgan fingerprint density at radius 3 is 2.68 bits per heavy atom. The largest absolute Gasteiger partial charge is 0.442 e. The average Bonchev–Trinajstić information content (AvgIpc) is 3.13. The molecule has 0 bridgehead atoms. The van der Waals surface area contributed by atoms with Gasteiger partial charge in [-0.25, -0.2) is 13.6 Å². The summed E-state index contributed by atoms with van der Waals surface area (Å²) in [5.74, 6) is -0.677. The molecule has 2 N–H and O–H groups in total. The Balaban J connectivity index is 1.64. The number of hydrogen-bond donors (Lipinski definition) is 2. The normalized spacial score (nSPS) is 16.8. The molecule has 31 heavy (non-hydrogen) atoms. The van der Waals surface area contributed by atoms with E-state index in [1.165, 1.54) is 17.9 Å². The molecule has 1 saturated heterocycles. The smallest absolute Gasteiger partial charge is 0.414 e. The Bertz CT molecular complexity index is 927. The van der Waals surface area contributed by atoms with E-state index in [9.17, 15) is 18.4 Å². The summed E-state index contributed by atoms with van der Waals surface area (Å²) >= 11 is 5.73. The van der Waals surface area contributed by atoms with Crippen LogP contribution >= 0.6 is 11.6 Å². The molecule has 0 saturated carbocycles. The number of benzene rings is 2. The maximum absolute atomic E-state index is 14.8. The number of nitrogens with zero attached hydrogens (tertiary/aromatic N) is 1. The molecule has 2 amide bonds. The second-order valence-electron chi connectivity index (χ2n) is 7.30. The first-order valence-corrected chi connectivity index (χ1v) is 10.3. The Morgan fingerprint density at radius 2 is 2.03 bits per heavy atom. The lowest BCUT2D eigenvalue weighted by molar-refractivity contribution is -0.119. The first-order valence-electron chi connectivity index (χ1n) is 9.89. The molecular weight excluding hydrogens is 428 g/mol. The zero-order chi connectivity index (χ0) is 22.4. The predicted octanol–water partition coefficient (Wildman–Crippen LogP) is 3.62. The molecule has 2 aromatic rings. The number of hydrogen-bond acceptors (Lipinski definition) is 4. The van der Waals surface area contributed by atoms with Crippen molar-refractivity contribution in [2.45, 2.75) is 24.9 Å². The fourth-order valence-electron chi connectivity index (χ4n) is 3.23. The van der Waals surface area contributed by atoms with E-state index in [2.05, 4.69) is 10.6 Å². The average molecular weight is 452 g/mol. The Labute approximate surface area is 184 Å². The van der Waals surface area contributed by atoms with E-state index in [-0.39, 0.29) is 19.0 Å². The lowest BCUT2D eigenvalue weighted by Crippen LogP contribution is -2.33. The van der Waals surface area contributed by atoms with Crippen LogP contribution in [-0.4, -0.2) is 49.8 Å². The van der Waals surface area contributed by atoms with E-state index in [0.717, 1.165) is 5.56 Å². The molecule has 1 aliphatic rings. The number of ether oxygens (including phenoxy) is 1. The summed E-state index contributed by atoms with van der Waals surface area (Å²) in [6.07, 6.45) is -1.06. The fraction of sp³-hybridized carbons (Fsp3) is 0.364. The van der Waals surface area contributed by atoms with E-state index in [4.69, 9.17) is 16.3 Å². The number of carbonyl (C=O) groups excluding carboxylic acids is 2. The van der Waals surface area contributed by atoms with Crippen LogP contribution in [0.3, 0.4) is 0 Å². The van der Waals surface area contributed by atoms with Crippen LogP contribution in [0.5, 0.6) is 0 Å². The number of rotatable bonds is 9. The molecule has 0 aromatic heterocycles. The molecule has 3 rings (SSSR count). The van der Waals surface area contributed by atoms with Crippen molar-refractivity contribution in [3.8, 4) is 11.1 Å². The first-order chi connectivity index (χ1) is 14.9. The summed E-state index contributed by atoms with van der Waals surface area (Å²) in [4.78, 5) is 24.5. The van der Waals surface area contributed by atoms with Crippen molar-refractivity contribution in [3.05, 3.63) is 53.8 Å². The highest BCUT2D eigenvalue weighted by atomic mass is 35.5. The number of amides is 2. The van der Waals surface area contributed by atoms with Gasteiger partial charge in [-0.15, -0.1) is 11.6 Å². The van der Waals surface area contributed by atoms with Crippen molar-refractivity contribution < 1.29 is 23.1 Å². The van der Waals surface area contributed by atoms with E-state index < -0.39 is 30.1 Å². The molecule has 166 valence electrons. The standard InChI is InChI=1S/C22H24ClF2N3O3/c1-14(29)27-12-19-13-28(22(30)31-19)18-6-7-20(21(25)8-18)16-4-2-15(3-5-16)10-26-11-17(23)9-24/h2-8,17,19,26H,9-13H2,1H3,(H,27,29). The van der Waals surface area contributed by atoms with Gasteiger partial charge in [0.25, 0.3) is 0 Å². The number of halogens is 3. The molecule has 6 nitrogen and oxygen atoms in total. The summed E-state index contributed by atoms with van der Waals surface area (Å²) in [7, 11) is 0. The highest BCUT2D eigenvalue weighted by Gasteiger charge is 2.32. The van der Waals surface area contributed by atoms with Crippen molar-refractivity contribution in [1.29, 1.82) is 0 Å². The van der Waals surface area contributed by atoms with Gasteiger partial charge in [-0.1, -0.05) is 24.3 Å². The molecule has 1 fully saturated rings. The lowest BCUT2D eigenvalue weighted by Gasteiger charge is -2.15. The van der Waals surface area contributed by atoms with Crippen molar-refractivity contribution in [2.75, 3.05) is 31.2 Å². The number of alkyl halides is 2. The third-order valence-electron chi connectivity index (χ3n) is 4.84. The second kappa shape index (κ2) is 10.5. The quantitative estimate of drug-likeness (QED) is 0.571. The Hall–Kier alpha value is -2.71. The Morgan fingerprint density at radius 1 is 1.29 bits per heavy atom. The van der Waals surface area contributed by atoms with Gasteiger partial charge in [-0.05, 0) is 29.3 Å². The minimum atomic E-state index is -0.589. The van der Waals surface area contributed by atoms with Gasteiger partial charge in [0.1, 0.15) is 18.6 Å². The summed E-state index contributed by atoms with van der Waals surface area (Å²) in [5, 5.41) is 5.11. The van der Waals surface area contributed by atoms with Crippen LogP contribution in [0.25, 0.3) is 11.1 Å². The Kier molecular flexibility index (Phi) is 7.81. The number of nitrogens with one attached hydrogen (secondary N) is 2. The maximum atomic E-state index is 14.8. The van der Waals surface area contributed by atoms with Gasteiger partial charge < -0.3 is 15.4 Å². The molecule has 9 heteroatoms. The number of cyclic esters (lactones) is 1. The maximum Gasteiger partial charge on any atom is 0.414 e. The summed E-state index contributed by atoms with van der Waals surface area (Å²) in [6, 6.07) is 11.9. The molecule has 1 aliphatic heterocycles. The molecule has 0 aliphatic carbocycles. The fourth-order valence-corrected chi connectivity index (χ4v) is 3.34. The van der Waals surface area contributed by atoms with Crippen LogP contribution < -0.4 is 15.5 Å². The molecular formula is C22H24ClF2N3O3. The number of anilines is 1. The van der Waals surface area contributed by atoms with Crippen LogP contribution in [0.15, 0.2) is 42.5 Å². The van der Waals surface area contributed by atoms with E-state index in [1.807, 2.05) is 12.1 Å². The monoisotopic (exact) mass is 451 g/mol. The van der Waals surface area contributed by atoms with Crippen LogP contribution in [-0.2, 0) is 16.1 Å². The zero-order valence-electron chi connectivity index (χ0n) is 17.0. The summed E-state index contributed by atoms with van der Waals surface area (Å²) in [6.45, 7) is 2.12. The first kappa shape index (κ1) is 23.0. The lowest BCUT2D eigenvalue weighted by atomic mass is 10.0. The molecule has 0 spiro atoms. The highest BCUT2D eigenvalue weighted by Crippen LogP contribution is 2.29. The predicted molar refractivity (Wildman–Crippen MR) is 115 cm³/mol. The van der Waals surface area contributed by atoms with Crippen LogP contribution in [0.2, 0.25) is 0 Å². The van der Waals surface area contributed by atoms with Gasteiger partial charge in [-0.2, -0.15) is 0 Å². The van der Waals surface area contributed by atoms with Gasteiger partial charge in [0.2, 0.25) is 5.91 Å². The third-order valence-corrected chi connectivity index (χ3v) is 5.12. The number of carbonyl (C=O) groups is 2. The third kappa shape index (κ3) is 6.15. The van der Waals surface area contributed by atoms with Crippen LogP contribution in [0.4, 0.5) is 19.3 Å². The summed E-state index contributed by atoms with van der Waals surface area (Å²) < 4.78 is 32.4. The van der Waals surface area contributed by atoms with Crippen molar-refractivity contribution in [2.24, 2.45) is 0 Å². The SMILES string of the molecule is CC(=O)NCC1CN(c2ccc(-c3ccc(CNCC(Cl)CF)cc3)c(F)c2)C(=O)O1. The van der Waals surface area contributed by atoms with Crippen LogP contribution in [0.1, 0.15) is 12.5 Å². The van der Waals surface area contributed by atoms with E-state index >= 15 is 0 Å². The van der Waals surface area contributed by atoms with Crippen molar-refractivity contribution >= 4 is 29.3 Å². The molecule has 2 unspecified atom stereocenters. The molecule has 2 atom stereocenters. The zero-order valence-corrected chi connectivity index (χ0v) is 17.8. The topological polar surface area (TPSA) is 70.7 Å². The minimum Gasteiger partial charge on any atom is -0.442 e. The second-order valence-corrected chi connectivity index (χ2v) is 7.91. The van der Waals surface area contributed by atoms with Gasteiger partial charge in [-0.3, -0.25) is 9.69 Å². The van der Waals surface area contributed by atoms with E-state index in [1.54, 1.807) is 24.3 Å². The van der Waals surface area contributed by atoms with Crippen molar-refractivity contribution in [1.82, 2.24) is 10.6 Å². The minimum absolute atomic E-state index is 0.207. The van der Waals surface area contributed by atoms with Gasteiger partial charge in [0.05, 0.1) is 24.2 Å². The molecule has 0 radical (unpaired) electrons.